The van der Waals surface area contributed by atoms with E-state index in [0.29, 0.717) is 0 Å². The van der Waals surface area contributed by atoms with Crippen molar-refractivity contribution in [3.63, 3.8) is 0 Å². The molecule has 1 saturated heterocycles. The molecular weight excluding hydrogens is 194 g/mol. The Morgan fingerprint density at radius 3 is 2.36 bits per heavy atom. The number of hydrogen-bond acceptors (Lipinski definition) is 4. The third kappa shape index (κ3) is 1.93. The fourth-order valence-electron chi connectivity index (χ4n) is 0.983. The SMILES string of the molecule is CN1SN(C)[SH](C)N(C)[SiH]1C. The fourth-order valence-corrected chi connectivity index (χ4v) is 8.27. The summed E-state index contributed by atoms with van der Waals surface area (Å²) in [5.41, 5.74) is 0. The highest BCUT2D eigenvalue weighted by Gasteiger charge is 2.29. The van der Waals surface area contributed by atoms with E-state index in [9.17, 15) is 0 Å². The maximum atomic E-state index is 2.55. The average molecular weight is 211 g/mol. The Labute approximate surface area is 78.4 Å². The van der Waals surface area contributed by atoms with E-state index in [2.05, 4.69) is 45.6 Å². The smallest absolute Gasteiger partial charge is 0.207 e. The molecule has 0 amide bonds. The van der Waals surface area contributed by atoms with Crippen molar-refractivity contribution < 1.29 is 0 Å². The minimum Gasteiger partial charge on any atom is -0.269 e. The zero-order chi connectivity index (χ0) is 8.59. The molecule has 0 spiro atoms. The summed E-state index contributed by atoms with van der Waals surface area (Å²) in [6.45, 7) is 2.37. The summed E-state index contributed by atoms with van der Waals surface area (Å²) in [5, 5.41) is 0. The Morgan fingerprint density at radius 2 is 1.82 bits per heavy atom. The van der Waals surface area contributed by atoms with Crippen molar-refractivity contribution in [3.05, 3.63) is 0 Å². The van der Waals surface area contributed by atoms with Crippen LogP contribution in [-0.4, -0.2) is 48.2 Å². The van der Waals surface area contributed by atoms with Gasteiger partial charge in [-0.1, -0.05) is 0 Å². The van der Waals surface area contributed by atoms with Crippen LogP contribution in [0.25, 0.3) is 0 Å². The lowest BCUT2D eigenvalue weighted by Gasteiger charge is -2.47. The molecular formula is C5H17N3S2Si. The predicted molar refractivity (Wildman–Crippen MR) is 58.8 cm³/mol. The molecule has 0 aliphatic carbocycles. The van der Waals surface area contributed by atoms with Crippen molar-refractivity contribution in [3.8, 4) is 0 Å². The second-order valence-corrected chi connectivity index (χ2v) is 10.2. The molecule has 68 valence electrons. The van der Waals surface area contributed by atoms with Crippen molar-refractivity contribution >= 4 is 32.5 Å². The van der Waals surface area contributed by atoms with Gasteiger partial charge in [0.1, 0.15) is 0 Å². The van der Waals surface area contributed by atoms with Crippen LogP contribution in [0.4, 0.5) is 0 Å². The molecule has 0 aromatic heterocycles. The Kier molecular flexibility index (Phi) is 3.30. The molecule has 0 aromatic rings. The Hall–Kier alpha value is 0.797. The lowest BCUT2D eigenvalue weighted by molar-refractivity contribution is 0.664. The summed E-state index contributed by atoms with van der Waals surface area (Å²) in [5.74, 6) is 0. The van der Waals surface area contributed by atoms with Crippen molar-refractivity contribution in [1.29, 1.82) is 0 Å². The summed E-state index contributed by atoms with van der Waals surface area (Å²) >= 11 is 1.85. The molecule has 0 aromatic carbocycles. The van der Waals surface area contributed by atoms with Crippen molar-refractivity contribution in [2.45, 2.75) is 6.55 Å². The molecule has 11 heavy (non-hydrogen) atoms. The van der Waals surface area contributed by atoms with Gasteiger partial charge in [0.15, 0.2) is 0 Å². The predicted octanol–water partition coefficient (Wildman–Crippen LogP) is 0.670. The molecule has 6 heteroatoms. The minimum absolute atomic E-state index is 0.0303. The Balaban J connectivity index is 2.63. The molecule has 0 saturated carbocycles. The summed E-state index contributed by atoms with van der Waals surface area (Å²) in [6.07, 6.45) is 2.32. The largest absolute Gasteiger partial charge is 0.269 e. The van der Waals surface area contributed by atoms with Crippen molar-refractivity contribution in [2.75, 3.05) is 27.4 Å². The van der Waals surface area contributed by atoms with Crippen LogP contribution >= 0.6 is 23.4 Å². The molecule has 1 aliphatic rings. The summed E-state index contributed by atoms with van der Waals surface area (Å²) in [4.78, 5) is 0. The quantitative estimate of drug-likeness (QED) is 0.358. The van der Waals surface area contributed by atoms with Crippen LogP contribution in [0.2, 0.25) is 6.55 Å². The zero-order valence-corrected chi connectivity index (χ0v) is 10.6. The van der Waals surface area contributed by atoms with Gasteiger partial charge in [-0.25, -0.2) is 3.97 Å². The summed E-state index contributed by atoms with van der Waals surface area (Å²) in [6, 6.07) is 0. The third-order valence-electron chi connectivity index (χ3n) is 2.18. The first-order valence-corrected chi connectivity index (χ1v) is 8.26. The molecule has 1 fully saturated rings. The molecule has 2 atom stereocenters. The highest BCUT2D eigenvalue weighted by Crippen LogP contribution is 2.41. The van der Waals surface area contributed by atoms with Crippen LogP contribution < -0.4 is 0 Å². The van der Waals surface area contributed by atoms with Crippen LogP contribution in [0.15, 0.2) is 0 Å². The third-order valence-corrected chi connectivity index (χ3v) is 10.7. The number of nitrogens with zero attached hydrogens (tertiary/aromatic N) is 3. The topological polar surface area (TPSA) is 9.72 Å². The van der Waals surface area contributed by atoms with Crippen LogP contribution in [0.3, 0.4) is 0 Å². The second kappa shape index (κ2) is 3.67. The van der Waals surface area contributed by atoms with Crippen LogP contribution in [0.1, 0.15) is 0 Å². The highest BCUT2D eigenvalue weighted by atomic mass is 32.3. The second-order valence-electron chi connectivity index (χ2n) is 2.79. The normalized spacial score (nSPS) is 41.2. The molecule has 0 radical (unpaired) electrons. The molecule has 0 bridgehead atoms. The van der Waals surface area contributed by atoms with E-state index >= 15 is 0 Å². The van der Waals surface area contributed by atoms with Gasteiger partial charge in [0, 0.05) is 19.2 Å². The van der Waals surface area contributed by atoms with Gasteiger partial charge in [0.2, 0.25) is 9.12 Å². The molecule has 3 nitrogen and oxygen atoms in total. The maximum absolute atomic E-state index is 2.55. The van der Waals surface area contributed by atoms with E-state index in [1.54, 1.807) is 0 Å². The zero-order valence-electron chi connectivity index (χ0n) is 7.77. The molecule has 2 unspecified atom stereocenters. The van der Waals surface area contributed by atoms with Gasteiger partial charge in [-0.3, -0.25) is 3.97 Å². The lowest BCUT2D eigenvalue weighted by Crippen LogP contribution is -2.48. The number of hydrogen-bond donors (Lipinski definition) is 1. The fraction of sp³-hybridized carbons (Fsp3) is 1.00. The summed E-state index contributed by atoms with van der Waals surface area (Å²) < 4.78 is 7.30. The van der Waals surface area contributed by atoms with Crippen LogP contribution in [0, 0.1) is 0 Å². The van der Waals surface area contributed by atoms with Crippen molar-refractivity contribution in [2.24, 2.45) is 0 Å². The minimum atomic E-state index is -0.762. The van der Waals surface area contributed by atoms with E-state index < -0.39 is 9.12 Å². The number of rotatable bonds is 0. The maximum Gasteiger partial charge on any atom is 0.207 e. The average Bonchev–Trinajstić information content (AvgIpc) is 1.97. The first-order valence-electron chi connectivity index (χ1n) is 3.65. The Bertz CT molecular complexity index is 134. The van der Waals surface area contributed by atoms with Gasteiger partial charge in [0.25, 0.3) is 0 Å². The monoisotopic (exact) mass is 211 g/mol. The Morgan fingerprint density at radius 1 is 1.27 bits per heavy atom. The van der Waals surface area contributed by atoms with E-state index in [-0.39, 0.29) is 11.3 Å². The van der Waals surface area contributed by atoms with Gasteiger partial charge in [-0.15, -0.1) is 11.3 Å². The molecule has 1 heterocycles. The lowest BCUT2D eigenvalue weighted by atomic mass is 11.6. The number of thiol groups is 1. The van der Waals surface area contributed by atoms with Gasteiger partial charge < -0.3 is 0 Å². The standard InChI is InChI=1S/C5H17N3S2Si/c1-6-9-7(2)11(5)8(3)10(6)4/h10-11H,1-5H3. The van der Waals surface area contributed by atoms with Gasteiger partial charge in [0.05, 0.1) is 0 Å². The first kappa shape index (κ1) is 9.88. The molecule has 0 N–H and O–H groups in total. The van der Waals surface area contributed by atoms with Gasteiger partial charge in [-0.05, 0) is 26.9 Å². The van der Waals surface area contributed by atoms with E-state index in [4.69, 9.17) is 0 Å². The van der Waals surface area contributed by atoms with E-state index in [1.165, 1.54) is 0 Å². The molecule has 1 aliphatic heterocycles. The van der Waals surface area contributed by atoms with Gasteiger partial charge in [-0.2, -0.15) is 3.71 Å². The van der Waals surface area contributed by atoms with E-state index in [1.807, 2.05) is 12.1 Å². The van der Waals surface area contributed by atoms with Crippen molar-refractivity contribution in [1.82, 2.24) is 11.7 Å². The first-order chi connectivity index (χ1) is 5.04. The van der Waals surface area contributed by atoms with Crippen LogP contribution in [-0.2, 0) is 0 Å². The van der Waals surface area contributed by atoms with E-state index in [0.717, 1.165) is 0 Å². The van der Waals surface area contributed by atoms with Crippen LogP contribution in [0.5, 0.6) is 0 Å². The molecule has 1 rings (SSSR count). The summed E-state index contributed by atoms with van der Waals surface area (Å²) in [7, 11) is 5.84. The van der Waals surface area contributed by atoms with Gasteiger partial charge >= 0.3 is 0 Å². The highest BCUT2D eigenvalue weighted by molar-refractivity contribution is 8.22.